The number of benzene rings is 1. The predicted octanol–water partition coefficient (Wildman–Crippen LogP) is 3.17. The molecule has 0 amide bonds. The van der Waals surface area contributed by atoms with Crippen molar-refractivity contribution in [3.63, 3.8) is 0 Å². The predicted molar refractivity (Wildman–Crippen MR) is 71.8 cm³/mol. The first-order chi connectivity index (χ1) is 8.29. The van der Waals surface area contributed by atoms with Gasteiger partial charge in [0, 0.05) is 24.5 Å². The molecule has 0 fully saturated rings. The van der Waals surface area contributed by atoms with E-state index in [1.54, 1.807) is 0 Å². The Morgan fingerprint density at radius 3 is 2.76 bits per heavy atom. The summed E-state index contributed by atoms with van der Waals surface area (Å²) < 4.78 is 0. The number of hydrogen-bond acceptors (Lipinski definition) is 2. The van der Waals surface area contributed by atoms with Crippen LogP contribution < -0.4 is 5.32 Å². The van der Waals surface area contributed by atoms with Crippen LogP contribution in [0.3, 0.4) is 0 Å². The van der Waals surface area contributed by atoms with Crippen molar-refractivity contribution in [1.29, 1.82) is 0 Å². The first-order valence-corrected chi connectivity index (χ1v) is 6.01. The van der Waals surface area contributed by atoms with Gasteiger partial charge in [-0.25, -0.2) is 0 Å². The molecule has 0 aliphatic heterocycles. The van der Waals surface area contributed by atoms with Crippen LogP contribution >= 0.6 is 0 Å². The Labute approximate surface area is 103 Å². The summed E-state index contributed by atoms with van der Waals surface area (Å²) in [6.07, 6.45) is 3.80. The van der Waals surface area contributed by atoms with E-state index >= 15 is 0 Å². The fraction of sp³-hybridized carbons (Fsp3) is 0.267. The maximum absolute atomic E-state index is 4.24. The molecular weight excluding hydrogens is 208 g/mol. The summed E-state index contributed by atoms with van der Waals surface area (Å²) in [4.78, 5) is 4.24. The van der Waals surface area contributed by atoms with E-state index in [0.29, 0.717) is 0 Å². The smallest absolute Gasteiger partial charge is 0.0346 e. The molecule has 0 aliphatic rings. The molecule has 88 valence electrons. The van der Waals surface area contributed by atoms with E-state index in [-0.39, 0.29) is 0 Å². The fourth-order valence-corrected chi connectivity index (χ4v) is 1.84. The van der Waals surface area contributed by atoms with Crippen LogP contribution in [-0.2, 0) is 6.54 Å². The zero-order chi connectivity index (χ0) is 12.1. The second-order valence-corrected chi connectivity index (χ2v) is 4.23. The third-order valence-electron chi connectivity index (χ3n) is 2.71. The molecule has 1 aromatic carbocycles. The monoisotopic (exact) mass is 226 g/mol. The Morgan fingerprint density at radius 1 is 1.12 bits per heavy atom. The Kier molecular flexibility index (Phi) is 3.89. The maximum Gasteiger partial charge on any atom is 0.0346 e. The normalized spacial score (nSPS) is 10.5. The maximum atomic E-state index is 4.24. The van der Waals surface area contributed by atoms with Gasteiger partial charge in [0.2, 0.25) is 0 Å². The van der Waals surface area contributed by atoms with Crippen LogP contribution in [-0.4, -0.2) is 11.5 Å². The molecule has 0 spiro atoms. The minimum atomic E-state index is 0.920. The highest BCUT2D eigenvalue weighted by atomic mass is 14.8. The summed E-state index contributed by atoms with van der Waals surface area (Å²) in [5.41, 5.74) is 4.92. The topological polar surface area (TPSA) is 24.9 Å². The van der Waals surface area contributed by atoms with E-state index in [9.17, 15) is 0 Å². The lowest BCUT2D eigenvalue weighted by Crippen LogP contribution is -2.11. The molecule has 0 unspecified atom stereocenters. The molecule has 1 N–H and O–H groups in total. The number of pyridine rings is 1. The third-order valence-corrected chi connectivity index (χ3v) is 2.71. The highest BCUT2D eigenvalue weighted by Gasteiger charge is 1.99. The molecule has 2 heteroatoms. The zero-order valence-corrected chi connectivity index (χ0v) is 10.4. The molecule has 0 bridgehead atoms. The van der Waals surface area contributed by atoms with Gasteiger partial charge in [0.1, 0.15) is 0 Å². The van der Waals surface area contributed by atoms with Gasteiger partial charge in [0.25, 0.3) is 0 Å². The SMILES string of the molecule is CCNCc1cccc(-c2cncc(C)c2)c1. The standard InChI is InChI=1S/C15H18N2/c1-3-16-10-13-5-4-6-14(8-13)15-7-12(2)9-17-11-15/h4-9,11,16H,3,10H2,1-2H3. The zero-order valence-electron chi connectivity index (χ0n) is 10.4. The number of aromatic nitrogens is 1. The van der Waals surface area contributed by atoms with Crippen LogP contribution in [0.1, 0.15) is 18.1 Å². The minimum Gasteiger partial charge on any atom is -0.313 e. The van der Waals surface area contributed by atoms with E-state index in [1.165, 1.54) is 22.3 Å². The Hall–Kier alpha value is -1.67. The van der Waals surface area contributed by atoms with Gasteiger partial charge >= 0.3 is 0 Å². The number of aryl methyl sites for hydroxylation is 1. The van der Waals surface area contributed by atoms with E-state index < -0.39 is 0 Å². The number of nitrogens with zero attached hydrogens (tertiary/aromatic N) is 1. The first-order valence-electron chi connectivity index (χ1n) is 6.01. The highest BCUT2D eigenvalue weighted by Crippen LogP contribution is 2.20. The van der Waals surface area contributed by atoms with Crippen molar-refractivity contribution in [2.24, 2.45) is 0 Å². The molecular formula is C15H18N2. The first kappa shape index (κ1) is 11.8. The second-order valence-electron chi connectivity index (χ2n) is 4.23. The lowest BCUT2D eigenvalue weighted by molar-refractivity contribution is 0.727. The summed E-state index contributed by atoms with van der Waals surface area (Å²) in [6, 6.07) is 10.8. The molecule has 0 radical (unpaired) electrons. The van der Waals surface area contributed by atoms with Crippen molar-refractivity contribution in [2.45, 2.75) is 20.4 Å². The van der Waals surface area contributed by atoms with Gasteiger partial charge in [-0.2, -0.15) is 0 Å². The Balaban J connectivity index is 2.26. The van der Waals surface area contributed by atoms with Crippen molar-refractivity contribution < 1.29 is 0 Å². The lowest BCUT2D eigenvalue weighted by atomic mass is 10.0. The largest absolute Gasteiger partial charge is 0.313 e. The van der Waals surface area contributed by atoms with Gasteiger partial charge in [0.05, 0.1) is 0 Å². The van der Waals surface area contributed by atoms with E-state index in [4.69, 9.17) is 0 Å². The van der Waals surface area contributed by atoms with Crippen molar-refractivity contribution in [1.82, 2.24) is 10.3 Å². The van der Waals surface area contributed by atoms with Crippen LogP contribution in [0.15, 0.2) is 42.7 Å². The van der Waals surface area contributed by atoms with Gasteiger partial charge in [-0.3, -0.25) is 4.98 Å². The average molecular weight is 226 g/mol. The molecule has 2 aromatic rings. The fourth-order valence-electron chi connectivity index (χ4n) is 1.84. The second kappa shape index (κ2) is 5.60. The summed E-state index contributed by atoms with van der Waals surface area (Å²) in [5, 5.41) is 3.34. The van der Waals surface area contributed by atoms with Crippen LogP contribution in [0.2, 0.25) is 0 Å². The van der Waals surface area contributed by atoms with Crippen LogP contribution in [0.4, 0.5) is 0 Å². The molecule has 1 heterocycles. The number of rotatable bonds is 4. The molecule has 1 aromatic heterocycles. The minimum absolute atomic E-state index is 0.920. The van der Waals surface area contributed by atoms with Crippen LogP contribution in [0.25, 0.3) is 11.1 Å². The third kappa shape index (κ3) is 3.14. The molecule has 0 saturated heterocycles. The van der Waals surface area contributed by atoms with Gasteiger partial charge in [-0.1, -0.05) is 25.1 Å². The quantitative estimate of drug-likeness (QED) is 0.866. The van der Waals surface area contributed by atoms with E-state index in [1.807, 2.05) is 12.4 Å². The molecule has 2 rings (SSSR count). The molecule has 0 saturated carbocycles. The van der Waals surface area contributed by atoms with Crippen LogP contribution in [0.5, 0.6) is 0 Å². The van der Waals surface area contributed by atoms with E-state index in [2.05, 4.69) is 54.5 Å². The van der Waals surface area contributed by atoms with E-state index in [0.717, 1.165) is 13.1 Å². The lowest BCUT2D eigenvalue weighted by Gasteiger charge is -2.06. The Morgan fingerprint density at radius 2 is 2.00 bits per heavy atom. The summed E-state index contributed by atoms with van der Waals surface area (Å²) in [6.45, 7) is 6.10. The summed E-state index contributed by atoms with van der Waals surface area (Å²) in [5.74, 6) is 0. The van der Waals surface area contributed by atoms with Crippen molar-refractivity contribution in [3.05, 3.63) is 53.9 Å². The summed E-state index contributed by atoms with van der Waals surface area (Å²) >= 11 is 0. The highest BCUT2D eigenvalue weighted by molar-refractivity contribution is 5.63. The molecule has 0 aliphatic carbocycles. The average Bonchev–Trinajstić information content (AvgIpc) is 2.37. The summed E-state index contributed by atoms with van der Waals surface area (Å²) in [7, 11) is 0. The van der Waals surface area contributed by atoms with Gasteiger partial charge < -0.3 is 5.32 Å². The van der Waals surface area contributed by atoms with Gasteiger partial charge in [0.15, 0.2) is 0 Å². The van der Waals surface area contributed by atoms with Crippen LogP contribution in [0, 0.1) is 6.92 Å². The molecule has 2 nitrogen and oxygen atoms in total. The van der Waals surface area contributed by atoms with Crippen molar-refractivity contribution >= 4 is 0 Å². The molecule has 0 atom stereocenters. The molecule has 17 heavy (non-hydrogen) atoms. The van der Waals surface area contributed by atoms with Gasteiger partial charge in [-0.05, 0) is 42.3 Å². The van der Waals surface area contributed by atoms with Gasteiger partial charge in [-0.15, -0.1) is 0 Å². The number of hydrogen-bond donors (Lipinski definition) is 1. The van der Waals surface area contributed by atoms with Crippen molar-refractivity contribution in [2.75, 3.05) is 6.54 Å². The Bertz CT molecular complexity index is 492. The number of nitrogens with one attached hydrogen (secondary N) is 1. The van der Waals surface area contributed by atoms with Crippen molar-refractivity contribution in [3.8, 4) is 11.1 Å².